The SMILES string of the molecule is CCCC1CCC(O)(C#CC2(OC3CCCCO3)CCC(CCC)CC2)CC1. The first-order chi connectivity index (χ1) is 13.6. The van der Waals surface area contributed by atoms with E-state index in [4.69, 9.17) is 9.47 Å². The highest BCUT2D eigenvalue weighted by Gasteiger charge is 2.39. The first kappa shape index (κ1) is 22.1. The Labute approximate surface area is 173 Å². The molecular formula is C25H42O3. The lowest BCUT2D eigenvalue weighted by atomic mass is 9.75. The molecule has 3 fully saturated rings. The maximum atomic E-state index is 11.1. The van der Waals surface area contributed by atoms with Gasteiger partial charge in [0, 0.05) is 6.61 Å². The molecule has 0 radical (unpaired) electrons. The normalized spacial score (nSPS) is 39.2. The van der Waals surface area contributed by atoms with Gasteiger partial charge in [0.1, 0.15) is 11.2 Å². The number of aliphatic hydroxyl groups is 1. The number of hydrogen-bond acceptors (Lipinski definition) is 3. The quantitative estimate of drug-likeness (QED) is 0.567. The molecule has 1 heterocycles. The van der Waals surface area contributed by atoms with Crippen LogP contribution in [0.2, 0.25) is 0 Å². The van der Waals surface area contributed by atoms with Gasteiger partial charge in [0.15, 0.2) is 6.29 Å². The minimum Gasteiger partial charge on any atom is -0.378 e. The highest BCUT2D eigenvalue weighted by atomic mass is 16.7. The summed E-state index contributed by atoms with van der Waals surface area (Å²) in [5.74, 6) is 8.42. The maximum Gasteiger partial charge on any atom is 0.159 e. The van der Waals surface area contributed by atoms with Crippen LogP contribution in [0.15, 0.2) is 0 Å². The van der Waals surface area contributed by atoms with Crippen molar-refractivity contribution in [2.45, 2.75) is 128 Å². The third kappa shape index (κ3) is 6.22. The topological polar surface area (TPSA) is 38.7 Å². The van der Waals surface area contributed by atoms with E-state index in [0.717, 1.165) is 69.8 Å². The second-order valence-electron chi connectivity index (χ2n) is 9.65. The van der Waals surface area contributed by atoms with Crippen molar-refractivity contribution >= 4 is 0 Å². The van der Waals surface area contributed by atoms with E-state index >= 15 is 0 Å². The van der Waals surface area contributed by atoms with Crippen molar-refractivity contribution in [3.05, 3.63) is 0 Å². The maximum absolute atomic E-state index is 11.1. The lowest BCUT2D eigenvalue weighted by Crippen LogP contribution is -2.42. The first-order valence-corrected chi connectivity index (χ1v) is 12.1. The van der Waals surface area contributed by atoms with Crippen molar-refractivity contribution in [1.29, 1.82) is 0 Å². The fourth-order valence-electron chi connectivity index (χ4n) is 5.38. The average molecular weight is 391 g/mol. The summed E-state index contributed by atoms with van der Waals surface area (Å²) in [4.78, 5) is 0. The number of hydrogen-bond donors (Lipinski definition) is 1. The molecule has 0 spiro atoms. The van der Waals surface area contributed by atoms with Gasteiger partial charge in [0.2, 0.25) is 0 Å². The second kappa shape index (κ2) is 10.5. The molecule has 1 unspecified atom stereocenters. The van der Waals surface area contributed by atoms with Crippen molar-refractivity contribution in [2.24, 2.45) is 11.8 Å². The third-order valence-electron chi connectivity index (χ3n) is 7.26. The van der Waals surface area contributed by atoms with E-state index in [1.807, 2.05) is 0 Å². The molecule has 1 saturated heterocycles. The average Bonchev–Trinajstić information content (AvgIpc) is 2.72. The Morgan fingerprint density at radius 3 is 2.00 bits per heavy atom. The zero-order valence-corrected chi connectivity index (χ0v) is 18.3. The van der Waals surface area contributed by atoms with Crippen LogP contribution in [0.5, 0.6) is 0 Å². The van der Waals surface area contributed by atoms with Gasteiger partial charge in [-0.15, -0.1) is 0 Å². The molecule has 0 amide bonds. The number of rotatable bonds is 6. The molecule has 0 aromatic carbocycles. The van der Waals surface area contributed by atoms with Crippen LogP contribution in [-0.4, -0.2) is 29.2 Å². The Hall–Kier alpha value is -0.560. The van der Waals surface area contributed by atoms with Gasteiger partial charge in [-0.2, -0.15) is 0 Å². The molecular weight excluding hydrogens is 348 g/mol. The van der Waals surface area contributed by atoms with E-state index in [9.17, 15) is 5.11 Å². The molecule has 2 aliphatic carbocycles. The largest absolute Gasteiger partial charge is 0.378 e. The van der Waals surface area contributed by atoms with E-state index < -0.39 is 11.2 Å². The summed E-state index contributed by atoms with van der Waals surface area (Å²) in [5.41, 5.74) is -1.23. The standard InChI is InChI=1S/C25H42O3/c1-3-7-21-10-14-24(26,15-11-21)18-19-25(28-23-9-5-6-20-27-23)16-12-22(8-4-2)13-17-25/h21-23,26H,3-17,20H2,1-2H3. The van der Waals surface area contributed by atoms with Crippen molar-refractivity contribution < 1.29 is 14.6 Å². The molecule has 3 nitrogen and oxygen atoms in total. The van der Waals surface area contributed by atoms with Crippen LogP contribution < -0.4 is 0 Å². The van der Waals surface area contributed by atoms with Crippen molar-refractivity contribution in [1.82, 2.24) is 0 Å². The molecule has 1 atom stereocenters. The molecule has 3 heteroatoms. The van der Waals surface area contributed by atoms with E-state index in [1.165, 1.54) is 44.9 Å². The Kier molecular flexibility index (Phi) is 8.27. The van der Waals surface area contributed by atoms with Gasteiger partial charge in [0.05, 0.1) is 0 Å². The molecule has 3 rings (SSSR count). The minimum atomic E-state index is -0.811. The van der Waals surface area contributed by atoms with Crippen LogP contribution in [0, 0.1) is 23.7 Å². The van der Waals surface area contributed by atoms with Gasteiger partial charge in [-0.05, 0) is 82.5 Å². The number of ether oxygens (including phenoxy) is 2. The summed E-state index contributed by atoms with van der Waals surface area (Å²) in [6, 6.07) is 0. The van der Waals surface area contributed by atoms with Gasteiger partial charge in [0.25, 0.3) is 0 Å². The van der Waals surface area contributed by atoms with Crippen LogP contribution in [0.25, 0.3) is 0 Å². The third-order valence-corrected chi connectivity index (χ3v) is 7.26. The van der Waals surface area contributed by atoms with E-state index in [2.05, 4.69) is 25.7 Å². The molecule has 160 valence electrons. The van der Waals surface area contributed by atoms with Gasteiger partial charge < -0.3 is 14.6 Å². The molecule has 3 aliphatic rings. The van der Waals surface area contributed by atoms with Gasteiger partial charge in [-0.25, -0.2) is 0 Å². The smallest absolute Gasteiger partial charge is 0.159 e. The summed E-state index contributed by atoms with van der Waals surface area (Å²) in [6.07, 6.45) is 16.5. The highest BCUT2D eigenvalue weighted by Crippen LogP contribution is 2.39. The van der Waals surface area contributed by atoms with Gasteiger partial charge in [-0.3, -0.25) is 0 Å². The lowest BCUT2D eigenvalue weighted by molar-refractivity contribution is -0.217. The Morgan fingerprint density at radius 2 is 1.46 bits per heavy atom. The van der Waals surface area contributed by atoms with Gasteiger partial charge >= 0.3 is 0 Å². The molecule has 0 bridgehead atoms. The zero-order valence-electron chi connectivity index (χ0n) is 18.3. The fraction of sp³-hybridized carbons (Fsp3) is 0.920. The Morgan fingerprint density at radius 1 is 0.857 bits per heavy atom. The summed E-state index contributed by atoms with van der Waals surface area (Å²) >= 11 is 0. The van der Waals surface area contributed by atoms with Crippen molar-refractivity contribution in [2.75, 3.05) is 6.61 Å². The van der Waals surface area contributed by atoms with Crippen LogP contribution >= 0.6 is 0 Å². The molecule has 28 heavy (non-hydrogen) atoms. The molecule has 0 aromatic heterocycles. The highest BCUT2D eigenvalue weighted by molar-refractivity contribution is 5.23. The van der Waals surface area contributed by atoms with E-state index in [1.54, 1.807) is 0 Å². The van der Waals surface area contributed by atoms with Crippen molar-refractivity contribution in [3.8, 4) is 11.8 Å². The van der Waals surface area contributed by atoms with Crippen LogP contribution in [0.3, 0.4) is 0 Å². The molecule has 2 saturated carbocycles. The van der Waals surface area contributed by atoms with Gasteiger partial charge in [-0.1, -0.05) is 51.4 Å². The minimum absolute atomic E-state index is 0.110. The molecule has 1 N–H and O–H groups in total. The van der Waals surface area contributed by atoms with Crippen LogP contribution in [0.4, 0.5) is 0 Å². The summed E-state index contributed by atoms with van der Waals surface area (Å²) < 4.78 is 12.4. The lowest BCUT2D eigenvalue weighted by Gasteiger charge is -2.40. The monoisotopic (exact) mass is 390 g/mol. The second-order valence-corrected chi connectivity index (χ2v) is 9.65. The van der Waals surface area contributed by atoms with E-state index in [-0.39, 0.29) is 6.29 Å². The Balaban J connectivity index is 1.66. The van der Waals surface area contributed by atoms with Crippen LogP contribution in [-0.2, 0) is 9.47 Å². The first-order valence-electron chi connectivity index (χ1n) is 12.1. The summed E-state index contributed by atoms with van der Waals surface area (Å²) in [6.45, 7) is 5.33. The van der Waals surface area contributed by atoms with Crippen LogP contribution in [0.1, 0.15) is 110 Å². The molecule has 1 aliphatic heterocycles. The summed E-state index contributed by atoms with van der Waals surface area (Å²) in [7, 11) is 0. The Bertz CT molecular complexity index is 510. The molecule has 0 aromatic rings. The predicted octanol–water partition coefficient (Wildman–Crippen LogP) is 5.98. The predicted molar refractivity (Wildman–Crippen MR) is 114 cm³/mol. The zero-order chi connectivity index (χ0) is 19.9. The van der Waals surface area contributed by atoms with Crippen molar-refractivity contribution in [3.63, 3.8) is 0 Å². The van der Waals surface area contributed by atoms with E-state index in [0.29, 0.717) is 0 Å². The summed E-state index contributed by atoms with van der Waals surface area (Å²) in [5, 5.41) is 11.1. The fourth-order valence-corrected chi connectivity index (χ4v) is 5.38.